The van der Waals surface area contributed by atoms with Gasteiger partial charge in [-0.25, -0.2) is 8.42 Å². The average molecular weight is 466 g/mol. The number of hydrogen-bond donors (Lipinski definition) is 1. The molecule has 1 N–H and O–H groups in total. The van der Waals surface area contributed by atoms with E-state index in [-0.39, 0.29) is 16.3 Å². The highest BCUT2D eigenvalue weighted by Crippen LogP contribution is 2.33. The van der Waals surface area contributed by atoms with Gasteiger partial charge in [0.15, 0.2) is 0 Å². The Morgan fingerprint density at radius 2 is 1.90 bits per heavy atom. The van der Waals surface area contributed by atoms with E-state index in [1.54, 1.807) is 34.9 Å². The molecule has 0 spiro atoms. The first kappa shape index (κ1) is 22.6. The van der Waals surface area contributed by atoms with Crippen LogP contribution in [0.4, 0.5) is 11.4 Å². The van der Waals surface area contributed by atoms with Crippen LogP contribution >= 0.6 is 11.3 Å². The maximum Gasteiger partial charge on any atom is 0.308 e. The molecule has 0 unspecified atom stereocenters. The molecule has 0 aliphatic rings. The SMILES string of the molecule is CCn1c(=O)sc2cc(NC(=O)CN(c3cc(OC)ccc3OC)S(C)(=O)=O)ccc21. The van der Waals surface area contributed by atoms with Crippen LogP contribution in [0.5, 0.6) is 11.5 Å². The molecule has 1 heterocycles. The van der Waals surface area contributed by atoms with Crippen molar-refractivity contribution in [3.63, 3.8) is 0 Å². The summed E-state index contributed by atoms with van der Waals surface area (Å²) in [6.45, 7) is 1.97. The second kappa shape index (κ2) is 8.98. The van der Waals surface area contributed by atoms with Gasteiger partial charge in [-0.3, -0.25) is 18.5 Å². The number of anilines is 2. The molecule has 0 saturated carbocycles. The van der Waals surface area contributed by atoms with E-state index in [4.69, 9.17) is 9.47 Å². The predicted octanol–water partition coefficient (Wildman–Crippen LogP) is 2.50. The number of methoxy groups -OCH3 is 2. The number of aryl methyl sites for hydroxylation is 1. The maximum atomic E-state index is 12.7. The lowest BCUT2D eigenvalue weighted by atomic mass is 10.2. The smallest absolute Gasteiger partial charge is 0.308 e. The molecule has 0 saturated heterocycles. The van der Waals surface area contributed by atoms with Crippen molar-refractivity contribution >= 4 is 48.9 Å². The van der Waals surface area contributed by atoms with Crippen molar-refractivity contribution in [2.45, 2.75) is 13.5 Å². The Balaban J connectivity index is 1.89. The zero-order chi connectivity index (χ0) is 22.8. The Bertz CT molecular complexity index is 1280. The summed E-state index contributed by atoms with van der Waals surface area (Å²) < 4.78 is 38.7. The molecule has 11 heteroatoms. The molecule has 0 aliphatic heterocycles. The Morgan fingerprint density at radius 3 is 2.52 bits per heavy atom. The summed E-state index contributed by atoms with van der Waals surface area (Å²) in [5.74, 6) is 0.161. The summed E-state index contributed by atoms with van der Waals surface area (Å²) in [7, 11) is -0.940. The maximum absolute atomic E-state index is 12.7. The fourth-order valence-electron chi connectivity index (χ4n) is 3.15. The van der Waals surface area contributed by atoms with Gasteiger partial charge in [0, 0.05) is 18.3 Å². The van der Waals surface area contributed by atoms with Crippen LogP contribution < -0.4 is 24.0 Å². The number of fused-ring (bicyclic) bond motifs is 1. The van der Waals surface area contributed by atoms with Crippen molar-refractivity contribution in [3.05, 3.63) is 46.1 Å². The Kier molecular flexibility index (Phi) is 6.56. The largest absolute Gasteiger partial charge is 0.497 e. The lowest BCUT2D eigenvalue weighted by molar-refractivity contribution is -0.114. The molecule has 2 aromatic carbocycles. The normalized spacial score (nSPS) is 11.4. The minimum atomic E-state index is -3.81. The molecular formula is C20H23N3O6S2. The summed E-state index contributed by atoms with van der Waals surface area (Å²) in [6.07, 6.45) is 1.01. The van der Waals surface area contributed by atoms with Gasteiger partial charge in [0.2, 0.25) is 15.9 Å². The van der Waals surface area contributed by atoms with Crippen molar-refractivity contribution < 1.29 is 22.7 Å². The number of sulfonamides is 1. The second-order valence-electron chi connectivity index (χ2n) is 6.65. The van der Waals surface area contributed by atoms with E-state index in [0.717, 1.165) is 32.1 Å². The fraction of sp³-hybridized carbons (Fsp3) is 0.300. The van der Waals surface area contributed by atoms with Crippen molar-refractivity contribution in [2.24, 2.45) is 0 Å². The first-order valence-corrected chi connectivity index (χ1v) is 12.0. The number of hydrogen-bond acceptors (Lipinski definition) is 7. The number of rotatable bonds is 8. The molecule has 31 heavy (non-hydrogen) atoms. The molecule has 9 nitrogen and oxygen atoms in total. The molecular weight excluding hydrogens is 442 g/mol. The molecule has 0 atom stereocenters. The fourth-order valence-corrected chi connectivity index (χ4v) is 4.99. The summed E-state index contributed by atoms with van der Waals surface area (Å²) >= 11 is 1.09. The highest BCUT2D eigenvalue weighted by molar-refractivity contribution is 7.92. The Morgan fingerprint density at radius 1 is 1.16 bits per heavy atom. The standard InChI is InChI=1S/C20H23N3O6S2/c1-5-22-15-8-6-13(10-18(15)30-20(22)25)21-19(24)12-23(31(4,26)27)16-11-14(28-2)7-9-17(16)29-3/h6-11H,5,12H2,1-4H3,(H,21,24). The van der Waals surface area contributed by atoms with Gasteiger partial charge in [-0.15, -0.1) is 0 Å². The number of nitrogens with zero attached hydrogens (tertiary/aromatic N) is 2. The van der Waals surface area contributed by atoms with E-state index in [0.29, 0.717) is 18.0 Å². The zero-order valence-corrected chi connectivity index (χ0v) is 19.2. The average Bonchev–Trinajstić information content (AvgIpc) is 3.04. The molecule has 166 valence electrons. The van der Waals surface area contributed by atoms with Crippen LogP contribution in [-0.2, 0) is 21.4 Å². The lowest BCUT2D eigenvalue weighted by Crippen LogP contribution is -2.37. The van der Waals surface area contributed by atoms with E-state index < -0.39 is 22.5 Å². The van der Waals surface area contributed by atoms with Crippen LogP contribution in [0.25, 0.3) is 10.2 Å². The van der Waals surface area contributed by atoms with Crippen molar-refractivity contribution in [2.75, 3.05) is 36.6 Å². The monoisotopic (exact) mass is 465 g/mol. The minimum absolute atomic E-state index is 0.0747. The van der Waals surface area contributed by atoms with E-state index in [2.05, 4.69) is 5.32 Å². The quantitative estimate of drug-likeness (QED) is 0.548. The highest BCUT2D eigenvalue weighted by Gasteiger charge is 2.25. The van der Waals surface area contributed by atoms with Crippen LogP contribution in [0.15, 0.2) is 41.2 Å². The number of amides is 1. The number of ether oxygens (including phenoxy) is 2. The first-order chi connectivity index (χ1) is 14.7. The van der Waals surface area contributed by atoms with Gasteiger partial charge >= 0.3 is 4.87 Å². The molecule has 0 bridgehead atoms. The van der Waals surface area contributed by atoms with E-state index in [1.165, 1.54) is 20.3 Å². The third-order valence-electron chi connectivity index (χ3n) is 4.61. The molecule has 3 aromatic rings. The number of carbonyl (C=O) groups is 1. The number of thiazole rings is 1. The molecule has 0 fully saturated rings. The molecule has 0 aliphatic carbocycles. The van der Waals surface area contributed by atoms with Crippen LogP contribution in [0.2, 0.25) is 0 Å². The predicted molar refractivity (Wildman–Crippen MR) is 122 cm³/mol. The van der Waals surface area contributed by atoms with Crippen LogP contribution in [0, 0.1) is 0 Å². The molecule has 1 amide bonds. The zero-order valence-electron chi connectivity index (χ0n) is 17.5. The molecule has 1 aromatic heterocycles. The number of aromatic nitrogens is 1. The van der Waals surface area contributed by atoms with Gasteiger partial charge in [0.1, 0.15) is 18.0 Å². The first-order valence-electron chi connectivity index (χ1n) is 9.31. The van der Waals surface area contributed by atoms with Gasteiger partial charge in [0.05, 0.1) is 36.4 Å². The van der Waals surface area contributed by atoms with Crippen molar-refractivity contribution in [3.8, 4) is 11.5 Å². The molecule has 0 radical (unpaired) electrons. The Hall–Kier alpha value is -3.05. The van der Waals surface area contributed by atoms with Gasteiger partial charge in [-0.2, -0.15) is 0 Å². The molecule has 3 rings (SSSR count). The van der Waals surface area contributed by atoms with E-state index in [1.807, 2.05) is 6.92 Å². The van der Waals surface area contributed by atoms with Crippen LogP contribution in [-0.4, -0.2) is 45.9 Å². The third-order valence-corrected chi connectivity index (χ3v) is 6.68. The van der Waals surface area contributed by atoms with Gasteiger partial charge in [-0.1, -0.05) is 11.3 Å². The number of carbonyl (C=O) groups excluding carboxylic acids is 1. The summed E-state index contributed by atoms with van der Waals surface area (Å²) in [4.78, 5) is 24.7. The van der Waals surface area contributed by atoms with Crippen LogP contribution in [0.1, 0.15) is 6.92 Å². The van der Waals surface area contributed by atoms with E-state index >= 15 is 0 Å². The summed E-state index contributed by atoms with van der Waals surface area (Å²) in [5, 5.41) is 2.70. The van der Waals surface area contributed by atoms with Crippen LogP contribution in [0.3, 0.4) is 0 Å². The summed E-state index contributed by atoms with van der Waals surface area (Å²) in [5.41, 5.74) is 1.44. The minimum Gasteiger partial charge on any atom is -0.497 e. The van der Waals surface area contributed by atoms with Gasteiger partial charge in [-0.05, 0) is 37.3 Å². The van der Waals surface area contributed by atoms with E-state index in [9.17, 15) is 18.0 Å². The number of nitrogens with one attached hydrogen (secondary N) is 1. The topological polar surface area (TPSA) is 107 Å². The van der Waals surface area contributed by atoms with Crippen molar-refractivity contribution in [1.82, 2.24) is 4.57 Å². The van der Waals surface area contributed by atoms with Gasteiger partial charge < -0.3 is 14.8 Å². The van der Waals surface area contributed by atoms with Gasteiger partial charge in [0.25, 0.3) is 0 Å². The lowest BCUT2D eigenvalue weighted by Gasteiger charge is -2.24. The van der Waals surface area contributed by atoms with Crippen molar-refractivity contribution in [1.29, 1.82) is 0 Å². The Labute approximate surface area is 183 Å². The summed E-state index contributed by atoms with van der Waals surface area (Å²) in [6, 6.07) is 9.82. The number of benzene rings is 2. The second-order valence-corrected chi connectivity index (χ2v) is 9.55. The third kappa shape index (κ3) is 4.83. The highest BCUT2D eigenvalue weighted by atomic mass is 32.2.